The topological polar surface area (TPSA) is 76.4 Å². The Balaban J connectivity index is 2.14. The molecule has 0 spiro atoms. The quantitative estimate of drug-likeness (QED) is 0.631. The van der Waals surface area contributed by atoms with E-state index in [2.05, 4.69) is 30.1 Å². The second-order valence-corrected chi connectivity index (χ2v) is 7.61. The van der Waals surface area contributed by atoms with E-state index in [0.717, 1.165) is 42.9 Å². The predicted octanol–water partition coefficient (Wildman–Crippen LogP) is 3.99. The molecular formula is C25H32N4O2. The van der Waals surface area contributed by atoms with Gasteiger partial charge >= 0.3 is 0 Å². The first-order chi connectivity index (χ1) is 14.9. The van der Waals surface area contributed by atoms with Gasteiger partial charge in [-0.15, -0.1) is 0 Å². The fraction of sp³-hybridized carbons (Fsp3) is 0.400. The first-order valence-electron chi connectivity index (χ1n) is 10.8. The number of anilines is 1. The Labute approximate surface area is 185 Å². The van der Waals surface area contributed by atoms with Crippen molar-refractivity contribution in [2.75, 3.05) is 38.0 Å². The van der Waals surface area contributed by atoms with E-state index in [9.17, 15) is 9.59 Å². The monoisotopic (exact) mass is 420 g/mol. The average Bonchev–Trinajstić information content (AvgIpc) is 2.78. The minimum absolute atomic E-state index is 0.0230. The molecule has 0 aromatic heterocycles. The molecule has 31 heavy (non-hydrogen) atoms. The number of hydrogen-bond donors (Lipinski definition) is 1. The molecule has 0 aliphatic heterocycles. The standard InChI is InChI=1S/C25H32N4O2/c1-5-28(6-2)15-8-16-29(25(31)22-13-11-21(17-26)12-14-22)18-23(30)27-24-19(3)9-7-10-20(24)4/h7,9-14H,5-6,8,15-16,18H2,1-4H3,(H,27,30). The highest BCUT2D eigenvalue weighted by atomic mass is 16.2. The number of benzene rings is 2. The van der Waals surface area contributed by atoms with Gasteiger partial charge in [0.2, 0.25) is 5.91 Å². The van der Waals surface area contributed by atoms with Crippen LogP contribution in [0.2, 0.25) is 0 Å². The third kappa shape index (κ3) is 6.94. The summed E-state index contributed by atoms with van der Waals surface area (Å²) in [6.07, 6.45) is 0.778. The summed E-state index contributed by atoms with van der Waals surface area (Å²) >= 11 is 0. The van der Waals surface area contributed by atoms with Crippen LogP contribution in [0.15, 0.2) is 42.5 Å². The molecule has 0 aliphatic rings. The Morgan fingerprint density at radius 2 is 1.58 bits per heavy atom. The van der Waals surface area contributed by atoms with E-state index >= 15 is 0 Å². The molecule has 1 N–H and O–H groups in total. The van der Waals surface area contributed by atoms with Gasteiger partial charge in [-0.05, 0) is 75.3 Å². The molecule has 6 nitrogen and oxygen atoms in total. The van der Waals surface area contributed by atoms with Crippen molar-refractivity contribution in [1.29, 1.82) is 5.26 Å². The molecule has 164 valence electrons. The maximum absolute atomic E-state index is 13.1. The van der Waals surface area contributed by atoms with Crippen molar-refractivity contribution in [2.24, 2.45) is 0 Å². The van der Waals surface area contributed by atoms with Crippen LogP contribution in [-0.4, -0.2) is 54.3 Å². The maximum atomic E-state index is 13.1. The van der Waals surface area contributed by atoms with Crippen molar-refractivity contribution < 1.29 is 9.59 Å². The van der Waals surface area contributed by atoms with Crippen LogP contribution in [0.1, 0.15) is 47.3 Å². The molecule has 0 unspecified atom stereocenters. The maximum Gasteiger partial charge on any atom is 0.254 e. The van der Waals surface area contributed by atoms with Crippen molar-refractivity contribution in [2.45, 2.75) is 34.1 Å². The Bertz CT molecular complexity index is 907. The highest BCUT2D eigenvalue weighted by Crippen LogP contribution is 2.19. The largest absolute Gasteiger partial charge is 0.329 e. The van der Waals surface area contributed by atoms with Crippen LogP contribution in [0, 0.1) is 25.2 Å². The van der Waals surface area contributed by atoms with Gasteiger partial charge < -0.3 is 15.1 Å². The van der Waals surface area contributed by atoms with Gasteiger partial charge in [-0.2, -0.15) is 5.26 Å². The van der Waals surface area contributed by atoms with E-state index in [1.54, 1.807) is 29.2 Å². The Morgan fingerprint density at radius 1 is 0.968 bits per heavy atom. The summed E-state index contributed by atoms with van der Waals surface area (Å²) in [5.74, 6) is -0.428. The Hall–Kier alpha value is -3.17. The Kier molecular flexibility index (Phi) is 9.23. The molecule has 0 fully saturated rings. The van der Waals surface area contributed by atoms with E-state index in [0.29, 0.717) is 17.7 Å². The number of nitrogens with one attached hydrogen (secondary N) is 1. The summed E-state index contributed by atoms with van der Waals surface area (Å²) in [6, 6.07) is 14.4. The zero-order valence-corrected chi connectivity index (χ0v) is 18.9. The van der Waals surface area contributed by atoms with Gasteiger partial charge in [-0.3, -0.25) is 9.59 Å². The van der Waals surface area contributed by atoms with Crippen molar-refractivity contribution >= 4 is 17.5 Å². The van der Waals surface area contributed by atoms with Gasteiger partial charge in [0, 0.05) is 17.8 Å². The van der Waals surface area contributed by atoms with Crippen molar-refractivity contribution in [3.8, 4) is 6.07 Å². The van der Waals surface area contributed by atoms with Crippen LogP contribution in [0.25, 0.3) is 0 Å². The average molecular weight is 421 g/mol. The van der Waals surface area contributed by atoms with E-state index in [1.165, 1.54) is 0 Å². The first-order valence-corrected chi connectivity index (χ1v) is 10.8. The summed E-state index contributed by atoms with van der Waals surface area (Å²) in [5.41, 5.74) is 3.74. The molecule has 0 atom stereocenters. The first kappa shape index (κ1) is 24.1. The molecule has 0 aliphatic carbocycles. The van der Waals surface area contributed by atoms with Crippen molar-refractivity contribution in [1.82, 2.24) is 9.80 Å². The Morgan fingerprint density at radius 3 is 2.13 bits per heavy atom. The molecule has 0 bridgehead atoms. The number of rotatable bonds is 10. The second-order valence-electron chi connectivity index (χ2n) is 7.61. The van der Waals surface area contributed by atoms with Crippen LogP contribution in [0.4, 0.5) is 5.69 Å². The fourth-order valence-corrected chi connectivity index (χ4v) is 3.51. The number of nitriles is 1. The summed E-state index contributed by atoms with van der Waals surface area (Å²) in [4.78, 5) is 29.8. The van der Waals surface area contributed by atoms with E-state index in [-0.39, 0.29) is 18.4 Å². The molecule has 2 rings (SSSR count). The van der Waals surface area contributed by atoms with E-state index in [1.807, 2.05) is 32.0 Å². The van der Waals surface area contributed by atoms with Crippen LogP contribution >= 0.6 is 0 Å². The second kappa shape index (κ2) is 11.9. The number of aryl methyl sites for hydroxylation is 2. The van der Waals surface area contributed by atoms with E-state index < -0.39 is 0 Å². The summed E-state index contributed by atoms with van der Waals surface area (Å²) in [6.45, 7) is 11.4. The smallest absolute Gasteiger partial charge is 0.254 e. The van der Waals surface area contributed by atoms with Gasteiger partial charge in [0.15, 0.2) is 0 Å². The lowest BCUT2D eigenvalue weighted by molar-refractivity contribution is -0.116. The van der Waals surface area contributed by atoms with Crippen LogP contribution in [-0.2, 0) is 4.79 Å². The normalized spacial score (nSPS) is 10.6. The number of nitrogens with zero attached hydrogens (tertiary/aromatic N) is 3. The molecule has 2 aromatic carbocycles. The lowest BCUT2D eigenvalue weighted by Crippen LogP contribution is -2.40. The van der Waals surface area contributed by atoms with E-state index in [4.69, 9.17) is 5.26 Å². The molecule has 0 radical (unpaired) electrons. The minimum atomic E-state index is -0.220. The third-order valence-corrected chi connectivity index (χ3v) is 5.42. The summed E-state index contributed by atoms with van der Waals surface area (Å²) < 4.78 is 0. The highest BCUT2D eigenvalue weighted by molar-refractivity contribution is 6.00. The van der Waals surface area contributed by atoms with Gasteiger partial charge in [-0.25, -0.2) is 0 Å². The fourth-order valence-electron chi connectivity index (χ4n) is 3.51. The van der Waals surface area contributed by atoms with Gasteiger partial charge in [0.05, 0.1) is 11.6 Å². The van der Waals surface area contributed by atoms with Crippen molar-refractivity contribution in [3.05, 3.63) is 64.7 Å². The van der Waals surface area contributed by atoms with Crippen LogP contribution < -0.4 is 5.32 Å². The molecule has 2 aromatic rings. The zero-order valence-electron chi connectivity index (χ0n) is 18.9. The SMILES string of the molecule is CCN(CC)CCCN(CC(=O)Nc1c(C)cccc1C)C(=O)c1ccc(C#N)cc1. The summed E-state index contributed by atoms with van der Waals surface area (Å²) in [7, 11) is 0. The van der Waals surface area contributed by atoms with Crippen molar-refractivity contribution in [3.63, 3.8) is 0 Å². The highest BCUT2D eigenvalue weighted by Gasteiger charge is 2.20. The van der Waals surface area contributed by atoms with Gasteiger partial charge in [-0.1, -0.05) is 32.0 Å². The molecule has 0 saturated heterocycles. The number of para-hydroxylation sites is 1. The number of carbonyl (C=O) groups excluding carboxylic acids is 2. The molecule has 0 heterocycles. The predicted molar refractivity (Wildman–Crippen MR) is 124 cm³/mol. The summed E-state index contributed by atoms with van der Waals surface area (Å²) in [5, 5.41) is 12.0. The lowest BCUT2D eigenvalue weighted by atomic mass is 10.1. The molecule has 2 amide bonds. The molecule has 0 saturated carbocycles. The molecular weight excluding hydrogens is 388 g/mol. The number of amides is 2. The van der Waals surface area contributed by atoms with Gasteiger partial charge in [0.1, 0.15) is 6.54 Å². The third-order valence-electron chi connectivity index (χ3n) is 5.42. The number of hydrogen-bond acceptors (Lipinski definition) is 4. The van der Waals surface area contributed by atoms with Crippen LogP contribution in [0.3, 0.4) is 0 Å². The van der Waals surface area contributed by atoms with Crippen LogP contribution in [0.5, 0.6) is 0 Å². The minimum Gasteiger partial charge on any atom is -0.329 e. The van der Waals surface area contributed by atoms with Gasteiger partial charge in [0.25, 0.3) is 5.91 Å². The molecule has 6 heteroatoms. The number of carbonyl (C=O) groups is 2. The lowest BCUT2D eigenvalue weighted by Gasteiger charge is -2.25. The zero-order chi connectivity index (χ0) is 22.8.